The van der Waals surface area contributed by atoms with Crippen molar-refractivity contribution in [3.05, 3.63) is 0 Å². The van der Waals surface area contributed by atoms with Crippen LogP contribution in [0, 0.1) is 0 Å². The predicted octanol–water partition coefficient (Wildman–Crippen LogP) is -0.224. The van der Waals surface area contributed by atoms with Gasteiger partial charge in [0.25, 0.3) is 0 Å². The fraction of sp³-hybridized carbons (Fsp3) is 0.667. The number of carbonyl (C=O) groups excluding carboxylic acids is 2. The number of amides is 3. The van der Waals surface area contributed by atoms with Crippen molar-refractivity contribution in [1.82, 2.24) is 5.32 Å². The molecule has 0 aliphatic rings. The number of hydrogen-bond donors (Lipinski definition) is 3. The molecule has 72 valence electrons. The number of primary amides is 2. The SMILES string of the molecule is CCNC(N)=O.CCOC(N)=O. The van der Waals surface area contributed by atoms with Crippen LogP contribution >= 0.6 is 0 Å². The second-order valence-electron chi connectivity index (χ2n) is 1.65. The molecule has 6 heteroatoms. The van der Waals surface area contributed by atoms with Crippen LogP contribution < -0.4 is 16.8 Å². The predicted molar refractivity (Wildman–Crippen MR) is 44.5 cm³/mol. The molecule has 0 radical (unpaired) electrons. The highest BCUT2D eigenvalue weighted by atomic mass is 16.5. The number of nitrogens with one attached hydrogen (secondary N) is 1. The van der Waals surface area contributed by atoms with Crippen LogP contribution in [0.4, 0.5) is 9.59 Å². The van der Waals surface area contributed by atoms with Crippen molar-refractivity contribution in [2.24, 2.45) is 11.5 Å². The molecule has 0 aliphatic heterocycles. The van der Waals surface area contributed by atoms with E-state index in [0.29, 0.717) is 13.2 Å². The van der Waals surface area contributed by atoms with E-state index in [2.05, 4.69) is 21.5 Å². The standard InChI is InChI=1S/C3H8N2O.C3H7NO2/c1-2-5-3(4)6;1-2-6-3(4)5/h2H2,1H3,(H3,4,5,6);2H2,1H3,(H2,4,5). The minimum Gasteiger partial charge on any atom is -0.450 e. The number of carbonyl (C=O) groups is 2. The van der Waals surface area contributed by atoms with Crippen LogP contribution in [0.25, 0.3) is 0 Å². The van der Waals surface area contributed by atoms with E-state index in [0.717, 1.165) is 0 Å². The maximum absolute atomic E-state index is 9.71. The normalized spacial score (nSPS) is 7.50. The third-order valence-corrected chi connectivity index (χ3v) is 0.638. The average molecular weight is 177 g/mol. The molecule has 5 N–H and O–H groups in total. The van der Waals surface area contributed by atoms with Gasteiger partial charge < -0.3 is 21.5 Å². The van der Waals surface area contributed by atoms with Gasteiger partial charge in [0.05, 0.1) is 6.61 Å². The van der Waals surface area contributed by atoms with E-state index >= 15 is 0 Å². The zero-order valence-electron chi connectivity index (χ0n) is 7.29. The molecule has 6 nitrogen and oxygen atoms in total. The van der Waals surface area contributed by atoms with Gasteiger partial charge in [0.15, 0.2) is 0 Å². The molecule has 0 aliphatic carbocycles. The van der Waals surface area contributed by atoms with E-state index in [9.17, 15) is 9.59 Å². The zero-order chi connectivity index (χ0) is 9.98. The molecule has 0 aromatic heterocycles. The van der Waals surface area contributed by atoms with E-state index in [1.54, 1.807) is 6.92 Å². The quantitative estimate of drug-likeness (QED) is 0.542. The van der Waals surface area contributed by atoms with Crippen LogP contribution in [0.5, 0.6) is 0 Å². The van der Waals surface area contributed by atoms with Crippen LogP contribution in [-0.2, 0) is 4.74 Å². The second kappa shape index (κ2) is 9.54. The first-order valence-electron chi connectivity index (χ1n) is 3.50. The Morgan fingerprint density at radius 1 is 1.33 bits per heavy atom. The van der Waals surface area contributed by atoms with Gasteiger partial charge in [0, 0.05) is 6.54 Å². The van der Waals surface area contributed by atoms with E-state index in [1.165, 1.54) is 0 Å². The van der Waals surface area contributed by atoms with Crippen LogP contribution in [0.1, 0.15) is 13.8 Å². The number of nitrogens with two attached hydrogens (primary N) is 2. The molecular weight excluding hydrogens is 162 g/mol. The molecule has 3 amide bonds. The van der Waals surface area contributed by atoms with Crippen molar-refractivity contribution in [2.45, 2.75) is 13.8 Å². The van der Waals surface area contributed by atoms with Crippen molar-refractivity contribution in [3.8, 4) is 0 Å². The van der Waals surface area contributed by atoms with Gasteiger partial charge in [-0.25, -0.2) is 9.59 Å². The van der Waals surface area contributed by atoms with Crippen molar-refractivity contribution in [1.29, 1.82) is 0 Å². The van der Waals surface area contributed by atoms with E-state index in [4.69, 9.17) is 0 Å². The smallest absolute Gasteiger partial charge is 0.404 e. The van der Waals surface area contributed by atoms with Gasteiger partial charge in [-0.2, -0.15) is 0 Å². The Morgan fingerprint density at radius 3 is 1.83 bits per heavy atom. The van der Waals surface area contributed by atoms with Gasteiger partial charge in [-0.15, -0.1) is 0 Å². The summed E-state index contributed by atoms with van der Waals surface area (Å²) >= 11 is 0. The Kier molecular flexibility index (Phi) is 10.5. The summed E-state index contributed by atoms with van der Waals surface area (Å²) in [4.78, 5) is 19.3. The summed E-state index contributed by atoms with van der Waals surface area (Å²) in [5.74, 6) is 0. The lowest BCUT2D eigenvalue weighted by molar-refractivity contribution is 0.163. The van der Waals surface area contributed by atoms with Gasteiger partial charge >= 0.3 is 12.1 Å². The minimum absolute atomic E-state index is 0.356. The van der Waals surface area contributed by atoms with Gasteiger partial charge in [-0.3, -0.25) is 0 Å². The van der Waals surface area contributed by atoms with Gasteiger partial charge in [-0.1, -0.05) is 0 Å². The zero-order valence-corrected chi connectivity index (χ0v) is 7.29. The Hall–Kier alpha value is -1.46. The van der Waals surface area contributed by atoms with Crippen molar-refractivity contribution in [3.63, 3.8) is 0 Å². The fourth-order valence-electron chi connectivity index (χ4n) is 0.316. The van der Waals surface area contributed by atoms with Crippen molar-refractivity contribution in [2.75, 3.05) is 13.2 Å². The maximum Gasteiger partial charge on any atom is 0.404 e. The molecular formula is C6H15N3O3. The highest BCUT2D eigenvalue weighted by molar-refractivity contribution is 5.71. The summed E-state index contributed by atoms with van der Waals surface area (Å²) in [6.45, 7) is 4.47. The van der Waals surface area contributed by atoms with Gasteiger partial charge in [-0.05, 0) is 13.8 Å². The second-order valence-corrected chi connectivity index (χ2v) is 1.65. The summed E-state index contributed by atoms with van der Waals surface area (Å²) in [6.07, 6.45) is -0.711. The molecule has 0 saturated carbocycles. The largest absolute Gasteiger partial charge is 0.450 e. The molecule has 0 saturated heterocycles. The first-order chi connectivity index (χ1) is 5.54. The maximum atomic E-state index is 9.71. The Morgan fingerprint density at radius 2 is 1.83 bits per heavy atom. The molecule has 0 bridgehead atoms. The lowest BCUT2D eigenvalue weighted by Crippen LogP contribution is -2.28. The first kappa shape index (κ1) is 13.2. The summed E-state index contributed by atoms with van der Waals surface area (Å²) in [5, 5.41) is 2.35. The highest BCUT2D eigenvalue weighted by Gasteiger charge is 1.82. The van der Waals surface area contributed by atoms with Crippen LogP contribution in [-0.4, -0.2) is 25.3 Å². The lowest BCUT2D eigenvalue weighted by Gasteiger charge is -1.89. The topological polar surface area (TPSA) is 107 Å². The summed E-state index contributed by atoms with van der Waals surface area (Å²) < 4.78 is 4.18. The molecule has 0 fully saturated rings. The third-order valence-electron chi connectivity index (χ3n) is 0.638. The molecule has 0 heterocycles. The minimum atomic E-state index is -0.711. The Bertz CT molecular complexity index is 122. The number of ether oxygens (including phenoxy) is 1. The van der Waals surface area contributed by atoms with Crippen LogP contribution in [0.3, 0.4) is 0 Å². The molecule has 12 heavy (non-hydrogen) atoms. The molecule has 0 rings (SSSR count). The first-order valence-corrected chi connectivity index (χ1v) is 3.50. The molecule has 0 aromatic carbocycles. The highest BCUT2D eigenvalue weighted by Crippen LogP contribution is 1.66. The molecule has 0 atom stereocenters. The Labute approximate surface area is 71.2 Å². The average Bonchev–Trinajstić information content (AvgIpc) is 1.87. The molecule has 0 unspecified atom stereocenters. The Balaban J connectivity index is 0. The third kappa shape index (κ3) is 23.6. The van der Waals surface area contributed by atoms with Gasteiger partial charge in [0.1, 0.15) is 0 Å². The monoisotopic (exact) mass is 177 g/mol. The fourth-order valence-corrected chi connectivity index (χ4v) is 0.316. The molecule has 0 spiro atoms. The number of hydrogen-bond acceptors (Lipinski definition) is 3. The van der Waals surface area contributed by atoms with Crippen LogP contribution in [0.15, 0.2) is 0 Å². The summed E-state index contributed by atoms with van der Waals surface area (Å²) in [6, 6.07) is -0.461. The van der Waals surface area contributed by atoms with Gasteiger partial charge in [0.2, 0.25) is 0 Å². The summed E-state index contributed by atoms with van der Waals surface area (Å²) in [7, 11) is 0. The van der Waals surface area contributed by atoms with Crippen molar-refractivity contribution >= 4 is 12.1 Å². The van der Waals surface area contributed by atoms with Crippen LogP contribution in [0.2, 0.25) is 0 Å². The number of rotatable bonds is 2. The van der Waals surface area contributed by atoms with E-state index in [1.807, 2.05) is 6.92 Å². The molecule has 0 aromatic rings. The van der Waals surface area contributed by atoms with Crippen molar-refractivity contribution < 1.29 is 14.3 Å². The number of urea groups is 1. The van der Waals surface area contributed by atoms with E-state index in [-0.39, 0.29) is 0 Å². The van der Waals surface area contributed by atoms with E-state index < -0.39 is 12.1 Å². The summed E-state index contributed by atoms with van der Waals surface area (Å²) in [5.41, 5.74) is 9.19. The lowest BCUT2D eigenvalue weighted by atomic mass is 10.7.